The molecule has 2 rings (SSSR count). The third-order valence-electron chi connectivity index (χ3n) is 4.33. The number of hydrogen-bond acceptors (Lipinski definition) is 6. The second-order valence-electron chi connectivity index (χ2n) is 6.02. The first kappa shape index (κ1) is 19.1. The Morgan fingerprint density at radius 1 is 1.48 bits per heavy atom. The van der Waals surface area contributed by atoms with Crippen molar-refractivity contribution in [3.63, 3.8) is 0 Å². The van der Waals surface area contributed by atoms with E-state index in [-0.39, 0.29) is 24.2 Å². The van der Waals surface area contributed by atoms with Gasteiger partial charge in [0.05, 0.1) is 34.6 Å². The Kier molecular flexibility index (Phi) is 6.71. The molecule has 7 heteroatoms. The summed E-state index contributed by atoms with van der Waals surface area (Å²) in [7, 11) is 0. The largest absolute Gasteiger partial charge is 0.463 e. The van der Waals surface area contributed by atoms with Gasteiger partial charge in [-0.2, -0.15) is 5.26 Å². The molecular weight excluding hydrogens is 338 g/mol. The number of thioether (sulfide) groups is 1. The van der Waals surface area contributed by atoms with Crippen LogP contribution in [0.5, 0.6) is 0 Å². The maximum absolute atomic E-state index is 12.5. The molecule has 0 fully saturated rings. The molecule has 0 bridgehead atoms. The molecule has 3 N–H and O–H groups in total. The van der Waals surface area contributed by atoms with Gasteiger partial charge in [-0.1, -0.05) is 23.9 Å². The minimum Gasteiger partial charge on any atom is -0.463 e. The van der Waals surface area contributed by atoms with Gasteiger partial charge in [-0.15, -0.1) is 0 Å². The van der Waals surface area contributed by atoms with Gasteiger partial charge in [-0.05, 0) is 39.0 Å². The number of dihydropyridines is 1. The number of nitrogens with zero attached hydrogens (tertiary/aromatic N) is 1. The molecule has 1 aliphatic heterocycles. The second-order valence-corrected chi connectivity index (χ2v) is 7.00. The maximum Gasteiger partial charge on any atom is 0.336 e. The zero-order valence-corrected chi connectivity index (χ0v) is 15.3. The van der Waals surface area contributed by atoms with Crippen molar-refractivity contribution in [2.75, 3.05) is 12.4 Å². The minimum atomic E-state index is -0.452. The fourth-order valence-electron chi connectivity index (χ4n) is 3.28. The topological polar surface area (TPSA) is 105 Å². The van der Waals surface area contributed by atoms with Crippen LogP contribution in [0.2, 0.25) is 0 Å². The minimum absolute atomic E-state index is 0.0762. The average molecular weight is 361 g/mol. The van der Waals surface area contributed by atoms with Crippen LogP contribution in [0.1, 0.15) is 33.1 Å². The van der Waals surface area contributed by atoms with E-state index in [9.17, 15) is 14.9 Å². The number of amides is 1. The van der Waals surface area contributed by atoms with E-state index in [0.29, 0.717) is 21.9 Å². The first-order valence-electron chi connectivity index (χ1n) is 8.34. The smallest absolute Gasteiger partial charge is 0.336 e. The molecule has 0 aromatic heterocycles. The van der Waals surface area contributed by atoms with Gasteiger partial charge in [0, 0.05) is 11.6 Å². The van der Waals surface area contributed by atoms with Crippen LogP contribution in [0.15, 0.2) is 34.0 Å². The molecule has 25 heavy (non-hydrogen) atoms. The molecule has 0 radical (unpaired) electrons. The highest BCUT2D eigenvalue weighted by atomic mass is 32.2. The van der Waals surface area contributed by atoms with Crippen molar-refractivity contribution in [1.82, 2.24) is 5.32 Å². The van der Waals surface area contributed by atoms with Crippen molar-refractivity contribution in [3.8, 4) is 6.07 Å². The first-order valence-corrected chi connectivity index (χ1v) is 9.33. The van der Waals surface area contributed by atoms with Gasteiger partial charge in [-0.3, -0.25) is 4.79 Å². The van der Waals surface area contributed by atoms with Crippen molar-refractivity contribution in [2.45, 2.75) is 33.1 Å². The Labute approximate surface area is 152 Å². The van der Waals surface area contributed by atoms with E-state index in [0.717, 1.165) is 19.3 Å². The third kappa shape index (κ3) is 4.45. The lowest BCUT2D eigenvalue weighted by molar-refractivity contribution is -0.139. The van der Waals surface area contributed by atoms with E-state index in [4.69, 9.17) is 10.5 Å². The van der Waals surface area contributed by atoms with Crippen LogP contribution < -0.4 is 11.1 Å². The Morgan fingerprint density at radius 2 is 2.24 bits per heavy atom. The lowest BCUT2D eigenvalue weighted by Gasteiger charge is -2.34. The number of nitrogens with two attached hydrogens (primary N) is 1. The molecule has 0 saturated carbocycles. The number of ether oxygens (including phenoxy) is 1. The number of rotatable bonds is 6. The number of hydrogen-bond donors (Lipinski definition) is 2. The molecule has 0 spiro atoms. The molecule has 0 unspecified atom stereocenters. The van der Waals surface area contributed by atoms with E-state index >= 15 is 0 Å². The summed E-state index contributed by atoms with van der Waals surface area (Å²) >= 11 is 1.20. The SMILES string of the molecule is CCOC(=O)C1=C(C)NC(SCC(N)=O)=C(C#N)[C@H]1[C@@H]1CC=CCC1. The fourth-order valence-corrected chi connectivity index (χ4v) is 4.12. The van der Waals surface area contributed by atoms with Gasteiger partial charge >= 0.3 is 5.97 Å². The number of carbonyl (C=O) groups is 2. The summed E-state index contributed by atoms with van der Waals surface area (Å²) in [4.78, 5) is 23.7. The quantitative estimate of drug-likeness (QED) is 0.556. The normalized spacial score (nSPS) is 23.1. The third-order valence-corrected chi connectivity index (χ3v) is 5.37. The number of esters is 1. The second kappa shape index (κ2) is 8.77. The number of nitrogens with one attached hydrogen (secondary N) is 1. The molecule has 1 heterocycles. The number of allylic oxidation sites excluding steroid dienone is 4. The van der Waals surface area contributed by atoms with Crippen molar-refractivity contribution in [2.24, 2.45) is 17.6 Å². The molecule has 2 atom stereocenters. The van der Waals surface area contributed by atoms with E-state index in [1.165, 1.54) is 11.8 Å². The predicted octanol–water partition coefficient (Wildman–Crippen LogP) is 2.35. The molecule has 1 aliphatic carbocycles. The van der Waals surface area contributed by atoms with Crippen LogP contribution in [0, 0.1) is 23.2 Å². The molecule has 0 saturated heterocycles. The van der Waals surface area contributed by atoms with Crippen LogP contribution in [0.25, 0.3) is 0 Å². The van der Waals surface area contributed by atoms with Gasteiger partial charge in [0.1, 0.15) is 0 Å². The summed E-state index contributed by atoms with van der Waals surface area (Å²) in [6, 6.07) is 2.25. The average Bonchev–Trinajstić information content (AvgIpc) is 2.60. The van der Waals surface area contributed by atoms with Gasteiger partial charge in [0.2, 0.25) is 5.91 Å². The zero-order valence-electron chi connectivity index (χ0n) is 14.5. The predicted molar refractivity (Wildman–Crippen MR) is 96.7 cm³/mol. The highest BCUT2D eigenvalue weighted by Crippen LogP contribution is 2.42. The highest BCUT2D eigenvalue weighted by Gasteiger charge is 2.39. The Hall–Kier alpha value is -2.20. The molecular formula is C18H23N3O3S. The molecule has 6 nitrogen and oxygen atoms in total. The fraction of sp³-hybridized carbons (Fsp3) is 0.500. The zero-order chi connectivity index (χ0) is 18.4. The van der Waals surface area contributed by atoms with Crippen LogP contribution in [0.3, 0.4) is 0 Å². The Morgan fingerprint density at radius 3 is 2.80 bits per heavy atom. The van der Waals surface area contributed by atoms with Crippen molar-refractivity contribution < 1.29 is 14.3 Å². The molecule has 1 amide bonds. The summed E-state index contributed by atoms with van der Waals surface area (Å²) in [6.07, 6.45) is 6.85. The molecule has 0 aromatic carbocycles. The summed E-state index contributed by atoms with van der Waals surface area (Å²) in [6.45, 7) is 3.84. The van der Waals surface area contributed by atoms with E-state index in [1.54, 1.807) is 13.8 Å². The monoisotopic (exact) mass is 361 g/mol. The van der Waals surface area contributed by atoms with Crippen LogP contribution in [-0.4, -0.2) is 24.2 Å². The molecule has 134 valence electrons. The van der Waals surface area contributed by atoms with Crippen molar-refractivity contribution >= 4 is 23.6 Å². The summed E-state index contributed by atoms with van der Waals surface area (Å²) < 4.78 is 5.23. The summed E-state index contributed by atoms with van der Waals surface area (Å²) in [5, 5.41) is 13.5. The van der Waals surface area contributed by atoms with Crippen LogP contribution in [0.4, 0.5) is 0 Å². The highest BCUT2D eigenvalue weighted by molar-refractivity contribution is 8.03. The number of carbonyl (C=O) groups excluding carboxylic acids is 2. The summed E-state index contributed by atoms with van der Waals surface area (Å²) in [5.74, 6) is -0.941. The van der Waals surface area contributed by atoms with E-state index < -0.39 is 11.9 Å². The first-order chi connectivity index (χ1) is 12.0. The Balaban J connectivity index is 2.44. The van der Waals surface area contributed by atoms with Gasteiger partial charge in [-0.25, -0.2) is 4.79 Å². The van der Waals surface area contributed by atoms with Crippen molar-refractivity contribution in [1.29, 1.82) is 5.26 Å². The lowest BCUT2D eigenvalue weighted by Crippen LogP contribution is -2.34. The van der Waals surface area contributed by atoms with E-state index in [1.807, 2.05) is 0 Å². The maximum atomic E-state index is 12.5. The van der Waals surface area contributed by atoms with Crippen LogP contribution in [-0.2, 0) is 14.3 Å². The van der Waals surface area contributed by atoms with Gasteiger partial charge < -0.3 is 15.8 Å². The summed E-state index contributed by atoms with van der Waals surface area (Å²) in [5.41, 5.74) is 6.91. The lowest BCUT2D eigenvalue weighted by atomic mass is 9.73. The van der Waals surface area contributed by atoms with Crippen LogP contribution >= 0.6 is 11.8 Å². The van der Waals surface area contributed by atoms with Gasteiger partial charge in [0.15, 0.2) is 0 Å². The Bertz CT molecular complexity index is 688. The molecule has 0 aromatic rings. The number of primary amides is 1. The standard InChI is InChI=1S/C18H23N3O3S/c1-3-24-18(23)15-11(2)21-17(25-10-14(20)22)13(9-19)16(15)12-7-5-4-6-8-12/h4-5,12,16,21H,3,6-8,10H2,1-2H3,(H2,20,22)/t12-,16-/m1/s1. The molecule has 2 aliphatic rings. The van der Waals surface area contributed by atoms with Gasteiger partial charge in [0.25, 0.3) is 0 Å². The van der Waals surface area contributed by atoms with Crippen molar-refractivity contribution in [3.05, 3.63) is 34.0 Å². The van der Waals surface area contributed by atoms with E-state index in [2.05, 4.69) is 23.5 Å². The number of nitriles is 1.